The second-order valence-electron chi connectivity index (χ2n) is 6.47. The number of thioether (sulfide) groups is 1. The molecule has 2 aromatic carbocycles. The predicted molar refractivity (Wildman–Crippen MR) is 112 cm³/mol. The van der Waals surface area contributed by atoms with Crippen LogP contribution < -0.4 is 15.4 Å². The van der Waals surface area contributed by atoms with Crippen LogP contribution in [0.5, 0.6) is 5.75 Å². The number of hydrogen-bond donors (Lipinski definition) is 2. The molecule has 0 aliphatic carbocycles. The number of rotatable bonds is 8. The molecule has 9 heteroatoms. The number of benzene rings is 2. The maximum atomic E-state index is 12.5. The summed E-state index contributed by atoms with van der Waals surface area (Å²) in [5.41, 5.74) is -0.635. The van der Waals surface area contributed by atoms with Crippen molar-refractivity contribution in [3.8, 4) is 5.75 Å². The van der Waals surface area contributed by atoms with Crippen molar-refractivity contribution < 1.29 is 23.9 Å². The summed E-state index contributed by atoms with van der Waals surface area (Å²) in [4.78, 5) is 36.5. The SMILES string of the molecule is C[C@@]1(CSc2ccccc2C(=O)OCCOc2cccc(Br)c2)NC(=O)NC1=O. The molecule has 1 heterocycles. The van der Waals surface area contributed by atoms with E-state index in [0.717, 1.165) is 4.47 Å². The van der Waals surface area contributed by atoms with Gasteiger partial charge in [0, 0.05) is 15.1 Å². The molecule has 0 aromatic heterocycles. The predicted octanol–water partition coefficient (Wildman–Crippen LogP) is 3.38. The maximum Gasteiger partial charge on any atom is 0.339 e. The summed E-state index contributed by atoms with van der Waals surface area (Å²) < 4.78 is 11.8. The van der Waals surface area contributed by atoms with E-state index < -0.39 is 17.5 Å². The Morgan fingerprint density at radius 1 is 1.14 bits per heavy atom. The Labute approximate surface area is 180 Å². The first-order valence-electron chi connectivity index (χ1n) is 8.78. The maximum absolute atomic E-state index is 12.5. The average Bonchev–Trinajstić information content (AvgIpc) is 2.95. The van der Waals surface area contributed by atoms with E-state index in [-0.39, 0.29) is 24.9 Å². The number of nitrogens with one attached hydrogen (secondary N) is 2. The monoisotopic (exact) mass is 478 g/mol. The Morgan fingerprint density at radius 3 is 2.66 bits per heavy atom. The molecule has 2 N–H and O–H groups in total. The van der Waals surface area contributed by atoms with Crippen molar-refractivity contribution in [1.29, 1.82) is 0 Å². The summed E-state index contributed by atoms with van der Waals surface area (Å²) >= 11 is 4.67. The molecule has 7 nitrogen and oxygen atoms in total. The molecule has 1 saturated heterocycles. The summed E-state index contributed by atoms with van der Waals surface area (Å²) in [6, 6.07) is 13.8. The first-order chi connectivity index (χ1) is 13.9. The lowest BCUT2D eigenvalue weighted by Crippen LogP contribution is -2.46. The van der Waals surface area contributed by atoms with Gasteiger partial charge in [-0.25, -0.2) is 9.59 Å². The van der Waals surface area contributed by atoms with Gasteiger partial charge in [-0.3, -0.25) is 10.1 Å². The minimum atomic E-state index is -1.03. The highest BCUT2D eigenvalue weighted by atomic mass is 79.9. The Bertz CT molecular complexity index is 939. The van der Waals surface area contributed by atoms with Gasteiger partial charge in [0.15, 0.2) is 0 Å². The van der Waals surface area contributed by atoms with Crippen molar-refractivity contribution in [3.05, 3.63) is 58.6 Å². The van der Waals surface area contributed by atoms with E-state index in [9.17, 15) is 14.4 Å². The summed E-state index contributed by atoms with van der Waals surface area (Å²) in [7, 11) is 0. The number of amides is 3. The van der Waals surface area contributed by atoms with Crippen molar-refractivity contribution in [2.45, 2.75) is 17.4 Å². The van der Waals surface area contributed by atoms with Gasteiger partial charge in [-0.2, -0.15) is 0 Å². The summed E-state index contributed by atoms with van der Waals surface area (Å²) in [6.45, 7) is 1.96. The molecule has 1 atom stereocenters. The molecular weight excluding hydrogens is 460 g/mol. The number of urea groups is 1. The van der Waals surface area contributed by atoms with E-state index >= 15 is 0 Å². The van der Waals surface area contributed by atoms with E-state index in [1.807, 2.05) is 24.3 Å². The third-order valence-corrected chi connectivity index (χ3v) is 6.00. The van der Waals surface area contributed by atoms with Crippen LogP contribution in [-0.2, 0) is 9.53 Å². The third kappa shape index (κ3) is 5.51. The van der Waals surface area contributed by atoms with Crippen LogP contribution in [0.1, 0.15) is 17.3 Å². The Morgan fingerprint density at radius 2 is 1.93 bits per heavy atom. The lowest BCUT2D eigenvalue weighted by Gasteiger charge is -2.20. The van der Waals surface area contributed by atoms with Gasteiger partial charge in [0.25, 0.3) is 5.91 Å². The number of imide groups is 1. The standard InChI is InChI=1S/C20H19BrN2O5S/c1-20(18(25)22-19(26)23-20)12-29-16-8-3-2-7-15(16)17(24)28-10-9-27-14-6-4-5-13(21)11-14/h2-8,11H,9-10,12H2,1H3,(H2,22,23,25,26)/t20-/m0/s1. The van der Waals surface area contributed by atoms with Crippen LogP contribution >= 0.6 is 27.7 Å². The largest absolute Gasteiger partial charge is 0.490 e. The van der Waals surface area contributed by atoms with Gasteiger partial charge in [0.05, 0.1) is 5.56 Å². The van der Waals surface area contributed by atoms with E-state index in [0.29, 0.717) is 16.2 Å². The number of ether oxygens (including phenoxy) is 2. The fourth-order valence-electron chi connectivity index (χ4n) is 2.59. The van der Waals surface area contributed by atoms with Crippen LogP contribution in [0.15, 0.2) is 57.9 Å². The highest BCUT2D eigenvalue weighted by Crippen LogP contribution is 2.28. The fraction of sp³-hybridized carbons (Fsp3) is 0.250. The number of halogens is 1. The van der Waals surface area contributed by atoms with Gasteiger partial charge in [-0.1, -0.05) is 34.1 Å². The van der Waals surface area contributed by atoms with Gasteiger partial charge in [-0.15, -0.1) is 11.8 Å². The lowest BCUT2D eigenvalue weighted by molar-refractivity contribution is -0.122. The minimum absolute atomic E-state index is 0.0977. The average molecular weight is 479 g/mol. The van der Waals surface area contributed by atoms with Gasteiger partial charge >= 0.3 is 12.0 Å². The zero-order chi connectivity index (χ0) is 20.9. The van der Waals surface area contributed by atoms with E-state index in [1.165, 1.54) is 11.8 Å². The molecule has 1 aliphatic rings. The molecule has 29 heavy (non-hydrogen) atoms. The Kier molecular flexibility index (Phi) is 6.81. The number of esters is 1. The Hall–Kier alpha value is -2.52. The molecule has 1 fully saturated rings. The topological polar surface area (TPSA) is 93.7 Å². The van der Waals surface area contributed by atoms with Crippen molar-refractivity contribution in [3.63, 3.8) is 0 Å². The molecule has 2 aromatic rings. The minimum Gasteiger partial charge on any atom is -0.490 e. The molecule has 0 unspecified atom stereocenters. The van der Waals surface area contributed by atoms with Crippen LogP contribution in [0.2, 0.25) is 0 Å². The molecule has 3 rings (SSSR count). The van der Waals surface area contributed by atoms with Crippen LogP contribution in [0.3, 0.4) is 0 Å². The highest BCUT2D eigenvalue weighted by molar-refractivity contribution is 9.10. The molecule has 0 saturated carbocycles. The number of carbonyl (C=O) groups excluding carboxylic acids is 3. The summed E-state index contributed by atoms with van der Waals surface area (Å²) in [5.74, 6) is 0.0909. The van der Waals surface area contributed by atoms with Crippen molar-refractivity contribution in [2.24, 2.45) is 0 Å². The second kappa shape index (κ2) is 9.32. The number of carbonyl (C=O) groups is 3. The van der Waals surface area contributed by atoms with Gasteiger partial charge in [0.2, 0.25) is 0 Å². The highest BCUT2D eigenvalue weighted by Gasteiger charge is 2.41. The van der Waals surface area contributed by atoms with Gasteiger partial charge in [-0.05, 0) is 37.3 Å². The smallest absolute Gasteiger partial charge is 0.339 e. The normalized spacial score (nSPS) is 18.1. The molecule has 3 amide bonds. The summed E-state index contributed by atoms with van der Waals surface area (Å²) in [6.07, 6.45) is 0. The van der Waals surface area contributed by atoms with Crippen LogP contribution in [0.4, 0.5) is 4.79 Å². The first-order valence-corrected chi connectivity index (χ1v) is 10.6. The molecule has 0 spiro atoms. The van der Waals surface area contributed by atoms with Crippen LogP contribution in [0.25, 0.3) is 0 Å². The van der Waals surface area contributed by atoms with Gasteiger partial charge < -0.3 is 14.8 Å². The van der Waals surface area contributed by atoms with Gasteiger partial charge in [0.1, 0.15) is 24.5 Å². The van der Waals surface area contributed by atoms with E-state index in [1.54, 1.807) is 31.2 Å². The first kappa shape index (κ1) is 21.2. The Balaban J connectivity index is 1.54. The number of hydrogen-bond acceptors (Lipinski definition) is 6. The van der Waals surface area contributed by atoms with E-state index in [2.05, 4.69) is 26.6 Å². The van der Waals surface area contributed by atoms with Crippen molar-refractivity contribution >= 4 is 45.6 Å². The molecule has 1 aliphatic heterocycles. The van der Waals surface area contributed by atoms with Crippen molar-refractivity contribution in [1.82, 2.24) is 10.6 Å². The molecule has 0 bridgehead atoms. The quantitative estimate of drug-likeness (QED) is 0.261. The third-order valence-electron chi connectivity index (χ3n) is 4.12. The molecule has 0 radical (unpaired) electrons. The van der Waals surface area contributed by atoms with Crippen LogP contribution in [0, 0.1) is 0 Å². The molecular formula is C20H19BrN2O5S. The van der Waals surface area contributed by atoms with Crippen molar-refractivity contribution in [2.75, 3.05) is 19.0 Å². The van der Waals surface area contributed by atoms with Crippen LogP contribution in [-0.4, -0.2) is 42.4 Å². The summed E-state index contributed by atoms with van der Waals surface area (Å²) in [5, 5.41) is 4.83. The zero-order valence-corrected chi connectivity index (χ0v) is 18.0. The molecule has 152 valence electrons. The van der Waals surface area contributed by atoms with E-state index in [4.69, 9.17) is 9.47 Å². The lowest BCUT2D eigenvalue weighted by atomic mass is 10.1. The zero-order valence-electron chi connectivity index (χ0n) is 15.6. The second-order valence-corrected chi connectivity index (χ2v) is 8.40. The fourth-order valence-corrected chi connectivity index (χ4v) is 4.10.